The zero-order chi connectivity index (χ0) is 12.8. The fourth-order valence-corrected chi connectivity index (χ4v) is 1.81. The summed E-state index contributed by atoms with van der Waals surface area (Å²) in [6.45, 7) is 3.38. The van der Waals surface area contributed by atoms with Gasteiger partial charge in [-0.05, 0) is 31.2 Å². The monoisotopic (exact) mass is 244 g/mol. The standard InChI is InChI=1S/C15H20N2O/c1-13(16-2)15-8-9-17(10-15)12-18-11-14-6-4-3-5-7-14/h3-10,13,16H,11-12H2,1-2H3. The van der Waals surface area contributed by atoms with Crippen LogP contribution < -0.4 is 5.32 Å². The molecule has 0 amide bonds. The van der Waals surface area contributed by atoms with Crippen LogP contribution in [-0.2, 0) is 18.1 Å². The molecule has 96 valence electrons. The van der Waals surface area contributed by atoms with Crippen molar-refractivity contribution in [1.29, 1.82) is 0 Å². The van der Waals surface area contributed by atoms with Gasteiger partial charge in [-0.25, -0.2) is 0 Å². The first kappa shape index (κ1) is 12.9. The van der Waals surface area contributed by atoms with E-state index in [2.05, 4.69) is 41.2 Å². The summed E-state index contributed by atoms with van der Waals surface area (Å²) < 4.78 is 7.74. The summed E-state index contributed by atoms with van der Waals surface area (Å²) in [5.41, 5.74) is 2.48. The number of nitrogens with zero attached hydrogens (tertiary/aromatic N) is 1. The summed E-state index contributed by atoms with van der Waals surface area (Å²) in [5, 5.41) is 3.22. The number of rotatable bonds is 6. The fraction of sp³-hybridized carbons (Fsp3) is 0.333. The second-order valence-corrected chi connectivity index (χ2v) is 4.43. The van der Waals surface area contributed by atoms with Gasteiger partial charge in [-0.15, -0.1) is 0 Å². The minimum atomic E-state index is 0.375. The van der Waals surface area contributed by atoms with Crippen LogP contribution in [0.3, 0.4) is 0 Å². The third-order valence-corrected chi connectivity index (χ3v) is 3.06. The Morgan fingerprint density at radius 1 is 1.22 bits per heavy atom. The van der Waals surface area contributed by atoms with Crippen molar-refractivity contribution in [3.05, 3.63) is 59.9 Å². The number of hydrogen-bond donors (Lipinski definition) is 1. The lowest BCUT2D eigenvalue weighted by Crippen LogP contribution is -2.11. The first-order valence-corrected chi connectivity index (χ1v) is 6.24. The van der Waals surface area contributed by atoms with Crippen LogP contribution in [0.2, 0.25) is 0 Å². The predicted molar refractivity (Wildman–Crippen MR) is 73.1 cm³/mol. The molecule has 0 radical (unpaired) electrons. The highest BCUT2D eigenvalue weighted by atomic mass is 16.5. The van der Waals surface area contributed by atoms with E-state index in [4.69, 9.17) is 4.74 Å². The molecule has 1 aromatic heterocycles. The van der Waals surface area contributed by atoms with E-state index in [0.29, 0.717) is 19.4 Å². The SMILES string of the molecule is CNC(C)c1ccn(COCc2ccccc2)c1. The molecule has 0 aliphatic heterocycles. The second kappa shape index (κ2) is 6.38. The minimum Gasteiger partial charge on any atom is -0.356 e. The third-order valence-electron chi connectivity index (χ3n) is 3.06. The highest BCUT2D eigenvalue weighted by Gasteiger charge is 2.03. The van der Waals surface area contributed by atoms with Gasteiger partial charge in [0.25, 0.3) is 0 Å². The van der Waals surface area contributed by atoms with Crippen LogP contribution in [0.15, 0.2) is 48.8 Å². The molecule has 3 heteroatoms. The Hall–Kier alpha value is -1.58. The summed E-state index contributed by atoms with van der Waals surface area (Å²) in [6.07, 6.45) is 4.17. The van der Waals surface area contributed by atoms with Crippen molar-refractivity contribution in [2.45, 2.75) is 26.3 Å². The van der Waals surface area contributed by atoms with Crippen molar-refractivity contribution in [3.8, 4) is 0 Å². The molecule has 0 spiro atoms. The number of benzene rings is 1. The van der Waals surface area contributed by atoms with E-state index >= 15 is 0 Å². The zero-order valence-corrected chi connectivity index (χ0v) is 11.0. The van der Waals surface area contributed by atoms with E-state index in [-0.39, 0.29) is 0 Å². The summed E-state index contributed by atoms with van der Waals surface area (Å²) >= 11 is 0. The molecule has 1 heterocycles. The van der Waals surface area contributed by atoms with Crippen LogP contribution in [0.4, 0.5) is 0 Å². The van der Waals surface area contributed by atoms with E-state index in [9.17, 15) is 0 Å². The molecule has 2 aromatic rings. The molecular formula is C15H20N2O. The lowest BCUT2D eigenvalue weighted by atomic mass is 10.2. The molecule has 1 atom stereocenters. The van der Waals surface area contributed by atoms with Crippen LogP contribution in [0.1, 0.15) is 24.1 Å². The molecule has 0 saturated carbocycles. The third kappa shape index (κ3) is 3.45. The van der Waals surface area contributed by atoms with Crippen molar-refractivity contribution in [2.24, 2.45) is 0 Å². The molecule has 3 nitrogen and oxygen atoms in total. The van der Waals surface area contributed by atoms with Gasteiger partial charge in [0.05, 0.1) is 6.61 Å². The lowest BCUT2D eigenvalue weighted by Gasteiger charge is -2.08. The molecule has 2 rings (SSSR count). The molecular weight excluding hydrogens is 224 g/mol. The van der Waals surface area contributed by atoms with Crippen LogP contribution in [0.5, 0.6) is 0 Å². The summed E-state index contributed by atoms with van der Waals surface area (Å²) in [7, 11) is 1.97. The van der Waals surface area contributed by atoms with E-state index in [1.165, 1.54) is 11.1 Å². The summed E-state index contributed by atoms with van der Waals surface area (Å²) in [6, 6.07) is 12.7. The number of ether oxygens (including phenoxy) is 1. The van der Waals surface area contributed by atoms with Gasteiger partial charge in [0.15, 0.2) is 0 Å². The van der Waals surface area contributed by atoms with Gasteiger partial charge in [-0.2, -0.15) is 0 Å². The van der Waals surface area contributed by atoms with Crippen molar-refractivity contribution >= 4 is 0 Å². The molecule has 0 fully saturated rings. The van der Waals surface area contributed by atoms with E-state index in [1.807, 2.05) is 31.4 Å². The maximum absolute atomic E-state index is 5.68. The molecule has 1 N–H and O–H groups in total. The zero-order valence-electron chi connectivity index (χ0n) is 11.0. The molecule has 18 heavy (non-hydrogen) atoms. The number of hydrogen-bond acceptors (Lipinski definition) is 2. The smallest absolute Gasteiger partial charge is 0.122 e. The summed E-state index contributed by atoms with van der Waals surface area (Å²) in [4.78, 5) is 0. The average Bonchev–Trinajstić information content (AvgIpc) is 2.88. The molecule has 0 saturated heterocycles. The Kier molecular flexibility index (Phi) is 4.56. The van der Waals surface area contributed by atoms with E-state index in [1.54, 1.807) is 0 Å². The maximum atomic E-state index is 5.68. The van der Waals surface area contributed by atoms with Crippen molar-refractivity contribution in [1.82, 2.24) is 9.88 Å². The van der Waals surface area contributed by atoms with Crippen molar-refractivity contribution < 1.29 is 4.74 Å². The van der Waals surface area contributed by atoms with E-state index < -0.39 is 0 Å². The van der Waals surface area contributed by atoms with Gasteiger partial charge in [0.2, 0.25) is 0 Å². The minimum absolute atomic E-state index is 0.375. The molecule has 0 aliphatic carbocycles. The Balaban J connectivity index is 1.82. The average molecular weight is 244 g/mol. The normalized spacial score (nSPS) is 12.6. The first-order valence-electron chi connectivity index (χ1n) is 6.24. The number of aromatic nitrogens is 1. The predicted octanol–water partition coefficient (Wildman–Crippen LogP) is 2.94. The van der Waals surface area contributed by atoms with Gasteiger partial charge in [-0.3, -0.25) is 0 Å². The van der Waals surface area contributed by atoms with Crippen LogP contribution in [0.25, 0.3) is 0 Å². The molecule has 1 unspecified atom stereocenters. The largest absolute Gasteiger partial charge is 0.356 e. The van der Waals surface area contributed by atoms with Gasteiger partial charge in [0, 0.05) is 18.4 Å². The Morgan fingerprint density at radius 2 is 2.00 bits per heavy atom. The molecule has 1 aromatic carbocycles. The van der Waals surface area contributed by atoms with Crippen LogP contribution >= 0.6 is 0 Å². The fourth-order valence-electron chi connectivity index (χ4n) is 1.81. The Bertz CT molecular complexity index is 464. The Labute approximate surface area is 108 Å². The first-order chi connectivity index (χ1) is 8.79. The highest BCUT2D eigenvalue weighted by molar-refractivity contribution is 5.14. The topological polar surface area (TPSA) is 26.2 Å². The van der Waals surface area contributed by atoms with Crippen molar-refractivity contribution in [2.75, 3.05) is 7.05 Å². The highest BCUT2D eigenvalue weighted by Crippen LogP contribution is 2.12. The van der Waals surface area contributed by atoms with Crippen LogP contribution in [-0.4, -0.2) is 11.6 Å². The van der Waals surface area contributed by atoms with Gasteiger partial charge in [-0.1, -0.05) is 30.3 Å². The maximum Gasteiger partial charge on any atom is 0.122 e. The summed E-state index contributed by atoms with van der Waals surface area (Å²) in [5.74, 6) is 0. The molecule has 0 bridgehead atoms. The van der Waals surface area contributed by atoms with Crippen LogP contribution in [0, 0.1) is 0 Å². The van der Waals surface area contributed by atoms with Gasteiger partial charge >= 0.3 is 0 Å². The van der Waals surface area contributed by atoms with E-state index in [0.717, 1.165) is 0 Å². The van der Waals surface area contributed by atoms with Gasteiger partial charge in [0.1, 0.15) is 6.73 Å². The number of nitrogens with one attached hydrogen (secondary N) is 1. The van der Waals surface area contributed by atoms with Crippen molar-refractivity contribution in [3.63, 3.8) is 0 Å². The molecule has 0 aliphatic rings. The Morgan fingerprint density at radius 3 is 2.72 bits per heavy atom. The lowest BCUT2D eigenvalue weighted by molar-refractivity contribution is 0.0641. The van der Waals surface area contributed by atoms with Gasteiger partial charge < -0.3 is 14.6 Å². The second-order valence-electron chi connectivity index (χ2n) is 4.43. The quantitative estimate of drug-likeness (QED) is 0.845.